The Labute approximate surface area is 132 Å². The maximum Gasteiger partial charge on any atom is 0.284 e. The molecule has 0 N–H and O–H groups in total. The van der Waals surface area contributed by atoms with Gasteiger partial charge in [0, 0.05) is 5.69 Å². The molecule has 1 atom stereocenters. The van der Waals surface area contributed by atoms with E-state index in [2.05, 4.69) is 31.1 Å². The number of rotatable bonds is 5. The third-order valence-corrected chi connectivity index (χ3v) is 4.31. The molecule has 22 heavy (non-hydrogen) atoms. The number of benzene rings is 1. The summed E-state index contributed by atoms with van der Waals surface area (Å²) < 4.78 is 7.01. The van der Waals surface area contributed by atoms with Crippen molar-refractivity contribution in [1.29, 1.82) is 0 Å². The van der Waals surface area contributed by atoms with E-state index in [-0.39, 0.29) is 12.5 Å². The minimum absolute atomic E-state index is 0.00984. The molecular weight excluding hydrogens is 276 g/mol. The topological polar surface area (TPSA) is 44.1 Å². The average Bonchev–Trinajstić information content (AvgIpc) is 2.80. The van der Waals surface area contributed by atoms with Gasteiger partial charge in [-0.2, -0.15) is 5.10 Å². The van der Waals surface area contributed by atoms with E-state index < -0.39 is 0 Å². The second kappa shape index (κ2) is 6.77. The quantitative estimate of drug-likeness (QED) is 0.837. The summed E-state index contributed by atoms with van der Waals surface area (Å²) in [5, 5.41) is 4.26. The Kier molecular flexibility index (Phi) is 5.01. The molecule has 1 unspecified atom stereocenters. The number of hydrogen-bond acceptors (Lipinski definition) is 3. The molecular formula is C18H24N2O2. The summed E-state index contributed by atoms with van der Waals surface area (Å²) in [7, 11) is 0. The second-order valence-corrected chi connectivity index (χ2v) is 5.77. The minimum atomic E-state index is -0.153. The number of carbonyl (C=O) groups is 1. The SMILES string of the molecule is CCC(C)c1ccc(OCC(=O)n2nc(C)c(C)c2C)cc1. The summed E-state index contributed by atoms with van der Waals surface area (Å²) in [4.78, 5) is 12.2. The minimum Gasteiger partial charge on any atom is -0.484 e. The van der Waals surface area contributed by atoms with Gasteiger partial charge in [0.1, 0.15) is 5.75 Å². The van der Waals surface area contributed by atoms with Crippen molar-refractivity contribution in [1.82, 2.24) is 9.78 Å². The molecule has 0 spiro atoms. The van der Waals surface area contributed by atoms with Gasteiger partial charge < -0.3 is 4.74 Å². The fraction of sp³-hybridized carbons (Fsp3) is 0.444. The largest absolute Gasteiger partial charge is 0.484 e. The van der Waals surface area contributed by atoms with Gasteiger partial charge in [-0.15, -0.1) is 0 Å². The predicted octanol–water partition coefficient (Wildman–Crippen LogP) is 4.04. The third-order valence-electron chi connectivity index (χ3n) is 4.31. The van der Waals surface area contributed by atoms with Crippen molar-refractivity contribution < 1.29 is 9.53 Å². The van der Waals surface area contributed by atoms with Crippen LogP contribution in [0.4, 0.5) is 0 Å². The first-order valence-electron chi connectivity index (χ1n) is 7.72. The molecule has 1 aromatic heterocycles. The van der Waals surface area contributed by atoms with Crippen molar-refractivity contribution >= 4 is 5.91 Å². The Hall–Kier alpha value is -2.10. The predicted molar refractivity (Wildman–Crippen MR) is 87.7 cm³/mol. The molecule has 0 saturated carbocycles. The fourth-order valence-corrected chi connectivity index (χ4v) is 2.30. The normalized spacial score (nSPS) is 12.2. The van der Waals surface area contributed by atoms with Crippen molar-refractivity contribution in [2.75, 3.05) is 6.61 Å². The van der Waals surface area contributed by atoms with Crippen LogP contribution in [0.3, 0.4) is 0 Å². The molecule has 0 aliphatic heterocycles. The fourth-order valence-electron chi connectivity index (χ4n) is 2.30. The zero-order valence-electron chi connectivity index (χ0n) is 14.0. The van der Waals surface area contributed by atoms with E-state index in [0.29, 0.717) is 11.7 Å². The van der Waals surface area contributed by atoms with Gasteiger partial charge in [0.05, 0.1) is 5.69 Å². The summed E-state index contributed by atoms with van der Waals surface area (Å²) in [5.74, 6) is 1.09. The van der Waals surface area contributed by atoms with Gasteiger partial charge in [-0.1, -0.05) is 26.0 Å². The zero-order valence-corrected chi connectivity index (χ0v) is 14.0. The van der Waals surface area contributed by atoms with Crippen molar-refractivity contribution in [3.8, 4) is 5.75 Å². The summed E-state index contributed by atoms with van der Waals surface area (Å²) >= 11 is 0. The number of carbonyl (C=O) groups excluding carboxylic acids is 1. The Bertz CT molecular complexity index is 656. The lowest BCUT2D eigenvalue weighted by atomic mass is 9.99. The Balaban J connectivity index is 2.00. The van der Waals surface area contributed by atoms with Gasteiger partial charge in [-0.3, -0.25) is 4.79 Å². The molecule has 0 aliphatic rings. The highest BCUT2D eigenvalue weighted by Crippen LogP contribution is 2.21. The lowest BCUT2D eigenvalue weighted by Crippen LogP contribution is -2.21. The summed E-state index contributed by atoms with van der Waals surface area (Å²) in [5.41, 5.74) is 4.09. The number of hydrogen-bond donors (Lipinski definition) is 0. The number of ether oxygens (including phenoxy) is 1. The zero-order chi connectivity index (χ0) is 16.3. The summed E-state index contributed by atoms with van der Waals surface area (Å²) in [6, 6.07) is 7.95. The van der Waals surface area contributed by atoms with Crippen LogP contribution < -0.4 is 4.74 Å². The molecule has 2 aromatic rings. The van der Waals surface area contributed by atoms with Gasteiger partial charge in [-0.05, 0) is 56.4 Å². The van der Waals surface area contributed by atoms with Crippen LogP contribution in [0.15, 0.2) is 24.3 Å². The number of aromatic nitrogens is 2. The van der Waals surface area contributed by atoms with Crippen LogP contribution in [0.25, 0.3) is 0 Å². The average molecular weight is 300 g/mol. The van der Waals surface area contributed by atoms with Crippen LogP contribution in [0.5, 0.6) is 5.75 Å². The van der Waals surface area contributed by atoms with Crippen LogP contribution in [0.1, 0.15) is 53.5 Å². The summed E-state index contributed by atoms with van der Waals surface area (Å²) in [6.45, 7) is 10.1. The molecule has 4 heteroatoms. The van der Waals surface area contributed by atoms with Crippen LogP contribution in [0, 0.1) is 20.8 Å². The molecule has 2 rings (SSSR count). The van der Waals surface area contributed by atoms with Crippen molar-refractivity contribution in [3.05, 3.63) is 46.8 Å². The Morgan fingerprint density at radius 3 is 2.36 bits per heavy atom. The van der Waals surface area contributed by atoms with Crippen LogP contribution in [0.2, 0.25) is 0 Å². The van der Waals surface area contributed by atoms with E-state index >= 15 is 0 Å². The van der Waals surface area contributed by atoms with Gasteiger partial charge in [0.15, 0.2) is 6.61 Å². The highest BCUT2D eigenvalue weighted by atomic mass is 16.5. The van der Waals surface area contributed by atoms with E-state index in [1.807, 2.05) is 32.9 Å². The highest BCUT2D eigenvalue weighted by Gasteiger charge is 2.14. The molecule has 4 nitrogen and oxygen atoms in total. The van der Waals surface area contributed by atoms with E-state index in [4.69, 9.17) is 4.74 Å². The van der Waals surface area contributed by atoms with Gasteiger partial charge >= 0.3 is 0 Å². The van der Waals surface area contributed by atoms with Crippen LogP contribution in [-0.4, -0.2) is 22.3 Å². The maximum atomic E-state index is 12.2. The molecule has 0 radical (unpaired) electrons. The smallest absolute Gasteiger partial charge is 0.284 e. The molecule has 0 aliphatic carbocycles. The van der Waals surface area contributed by atoms with E-state index in [1.165, 1.54) is 10.2 Å². The van der Waals surface area contributed by atoms with Gasteiger partial charge in [0.2, 0.25) is 0 Å². The molecule has 118 valence electrons. The van der Waals surface area contributed by atoms with Crippen molar-refractivity contribution in [2.24, 2.45) is 0 Å². The van der Waals surface area contributed by atoms with Crippen LogP contribution in [-0.2, 0) is 0 Å². The monoisotopic (exact) mass is 300 g/mol. The lowest BCUT2D eigenvalue weighted by molar-refractivity contribution is 0.0818. The molecule has 1 heterocycles. The number of aryl methyl sites for hydroxylation is 1. The Morgan fingerprint density at radius 1 is 1.23 bits per heavy atom. The van der Waals surface area contributed by atoms with Crippen molar-refractivity contribution in [3.63, 3.8) is 0 Å². The highest BCUT2D eigenvalue weighted by molar-refractivity contribution is 5.80. The third kappa shape index (κ3) is 3.38. The molecule has 0 amide bonds. The first-order valence-corrected chi connectivity index (χ1v) is 7.72. The molecule has 0 bridgehead atoms. The second-order valence-electron chi connectivity index (χ2n) is 5.77. The van der Waals surface area contributed by atoms with E-state index in [1.54, 1.807) is 0 Å². The van der Waals surface area contributed by atoms with Gasteiger partial charge in [-0.25, -0.2) is 4.68 Å². The lowest BCUT2D eigenvalue weighted by Gasteiger charge is -2.10. The molecule has 1 aromatic carbocycles. The summed E-state index contributed by atoms with van der Waals surface area (Å²) in [6.07, 6.45) is 1.11. The molecule has 0 fully saturated rings. The van der Waals surface area contributed by atoms with Crippen LogP contribution >= 0.6 is 0 Å². The first-order chi connectivity index (χ1) is 10.4. The van der Waals surface area contributed by atoms with E-state index in [9.17, 15) is 4.79 Å². The maximum absolute atomic E-state index is 12.2. The van der Waals surface area contributed by atoms with Crippen molar-refractivity contribution in [2.45, 2.75) is 47.0 Å². The standard InChI is InChI=1S/C18H24N2O2/c1-6-12(2)16-7-9-17(10-8-16)22-11-18(21)20-15(5)13(3)14(4)19-20/h7-10,12H,6,11H2,1-5H3. The molecule has 0 saturated heterocycles. The van der Waals surface area contributed by atoms with E-state index in [0.717, 1.165) is 23.4 Å². The number of nitrogens with zero attached hydrogens (tertiary/aromatic N) is 2. The first kappa shape index (κ1) is 16.3. The van der Waals surface area contributed by atoms with Gasteiger partial charge in [0.25, 0.3) is 5.91 Å². The Morgan fingerprint density at radius 2 is 1.86 bits per heavy atom.